The van der Waals surface area contributed by atoms with Gasteiger partial charge >= 0.3 is 0 Å². The van der Waals surface area contributed by atoms with E-state index in [-0.39, 0.29) is 10.6 Å². The second kappa shape index (κ2) is 6.06. The van der Waals surface area contributed by atoms with E-state index in [1.54, 1.807) is 0 Å². The molecule has 1 atom stereocenters. The van der Waals surface area contributed by atoms with Gasteiger partial charge in [0, 0.05) is 6.42 Å². The van der Waals surface area contributed by atoms with Gasteiger partial charge in [-0.1, -0.05) is 54.0 Å². The first-order valence-electron chi connectivity index (χ1n) is 5.42. The predicted molar refractivity (Wildman–Crippen MR) is 67.5 cm³/mol. The first-order chi connectivity index (χ1) is 7.17. The lowest BCUT2D eigenvalue weighted by molar-refractivity contribution is -0.118. The predicted octanol–water partition coefficient (Wildman–Crippen LogP) is 3.53. The van der Waals surface area contributed by atoms with Crippen LogP contribution in [-0.2, 0) is 17.6 Å². The van der Waals surface area contributed by atoms with Crippen LogP contribution >= 0.6 is 15.9 Å². The van der Waals surface area contributed by atoms with Crippen LogP contribution in [0.4, 0.5) is 0 Å². The fraction of sp³-hybridized carbons (Fsp3) is 0.462. The number of alkyl halides is 1. The van der Waals surface area contributed by atoms with Crippen molar-refractivity contribution in [2.75, 3.05) is 0 Å². The number of hydrogen-bond acceptors (Lipinski definition) is 1. The average molecular weight is 269 g/mol. The van der Waals surface area contributed by atoms with Crippen molar-refractivity contribution in [2.24, 2.45) is 0 Å². The summed E-state index contributed by atoms with van der Waals surface area (Å²) in [7, 11) is 0. The minimum atomic E-state index is -0.0324. The molecular formula is C13H17BrO. The zero-order valence-corrected chi connectivity index (χ0v) is 10.9. The van der Waals surface area contributed by atoms with Crippen LogP contribution in [-0.4, -0.2) is 10.6 Å². The SMILES string of the molecule is CCC(=O)C(Br)Cc1ccc(CC)cc1. The molecule has 1 aromatic rings. The molecule has 15 heavy (non-hydrogen) atoms. The van der Waals surface area contributed by atoms with Crippen molar-refractivity contribution in [3.05, 3.63) is 35.4 Å². The minimum absolute atomic E-state index is 0.0324. The van der Waals surface area contributed by atoms with Gasteiger partial charge in [-0.25, -0.2) is 0 Å². The second-order valence-corrected chi connectivity index (χ2v) is 4.77. The maximum atomic E-state index is 11.4. The summed E-state index contributed by atoms with van der Waals surface area (Å²) in [4.78, 5) is 11.4. The Balaban J connectivity index is 2.60. The maximum Gasteiger partial charge on any atom is 0.146 e. The average Bonchev–Trinajstić information content (AvgIpc) is 2.29. The lowest BCUT2D eigenvalue weighted by Crippen LogP contribution is -2.15. The van der Waals surface area contributed by atoms with E-state index in [0.29, 0.717) is 6.42 Å². The van der Waals surface area contributed by atoms with Gasteiger partial charge in [0.2, 0.25) is 0 Å². The van der Waals surface area contributed by atoms with Crippen molar-refractivity contribution in [2.45, 2.75) is 37.9 Å². The zero-order chi connectivity index (χ0) is 11.3. The van der Waals surface area contributed by atoms with Crippen LogP contribution in [0.3, 0.4) is 0 Å². The van der Waals surface area contributed by atoms with Gasteiger partial charge in [-0.3, -0.25) is 4.79 Å². The molecule has 82 valence electrons. The summed E-state index contributed by atoms with van der Waals surface area (Å²) in [6.07, 6.45) is 2.45. The molecule has 0 aliphatic heterocycles. The van der Waals surface area contributed by atoms with E-state index in [9.17, 15) is 4.79 Å². The minimum Gasteiger partial charge on any atom is -0.298 e. The molecule has 0 aliphatic carbocycles. The first kappa shape index (κ1) is 12.4. The molecule has 1 nitrogen and oxygen atoms in total. The number of Topliss-reactive ketones (excluding diaryl/α,β-unsaturated/α-hetero) is 1. The number of carbonyl (C=O) groups excluding carboxylic acids is 1. The largest absolute Gasteiger partial charge is 0.298 e. The molecule has 0 N–H and O–H groups in total. The lowest BCUT2D eigenvalue weighted by atomic mass is 10.0. The molecule has 1 rings (SSSR count). The number of hydrogen-bond donors (Lipinski definition) is 0. The van der Waals surface area contributed by atoms with Gasteiger partial charge in [0.05, 0.1) is 4.83 Å². The van der Waals surface area contributed by atoms with Gasteiger partial charge in [-0.05, 0) is 24.0 Å². The molecule has 2 heteroatoms. The van der Waals surface area contributed by atoms with Crippen LogP contribution < -0.4 is 0 Å². The van der Waals surface area contributed by atoms with Crippen LogP contribution in [0.15, 0.2) is 24.3 Å². The van der Waals surface area contributed by atoms with Crippen molar-refractivity contribution in [1.82, 2.24) is 0 Å². The van der Waals surface area contributed by atoms with E-state index in [4.69, 9.17) is 0 Å². The summed E-state index contributed by atoms with van der Waals surface area (Å²) in [5.74, 6) is 0.273. The molecule has 0 saturated heterocycles. The van der Waals surface area contributed by atoms with Crippen molar-refractivity contribution in [3.63, 3.8) is 0 Å². The first-order valence-corrected chi connectivity index (χ1v) is 6.33. The van der Waals surface area contributed by atoms with Gasteiger partial charge in [-0.2, -0.15) is 0 Å². The fourth-order valence-electron chi connectivity index (χ4n) is 1.45. The number of rotatable bonds is 5. The highest BCUT2D eigenvalue weighted by Crippen LogP contribution is 2.13. The highest BCUT2D eigenvalue weighted by molar-refractivity contribution is 9.10. The second-order valence-electron chi connectivity index (χ2n) is 3.66. The van der Waals surface area contributed by atoms with Gasteiger partial charge in [0.25, 0.3) is 0 Å². The number of ketones is 1. The Labute approximate surface area is 100 Å². The smallest absolute Gasteiger partial charge is 0.146 e. The van der Waals surface area contributed by atoms with Crippen molar-refractivity contribution in [1.29, 1.82) is 0 Å². The van der Waals surface area contributed by atoms with E-state index in [1.165, 1.54) is 11.1 Å². The van der Waals surface area contributed by atoms with Gasteiger partial charge in [0.1, 0.15) is 5.78 Å². The highest BCUT2D eigenvalue weighted by atomic mass is 79.9. The standard InChI is InChI=1S/C13H17BrO/c1-3-10-5-7-11(8-6-10)9-12(14)13(15)4-2/h5-8,12H,3-4,9H2,1-2H3. The number of aryl methyl sites for hydroxylation is 1. The Bertz CT molecular complexity index is 316. The third-order valence-electron chi connectivity index (χ3n) is 2.54. The molecule has 0 radical (unpaired) electrons. The molecule has 0 aromatic heterocycles. The Morgan fingerprint density at radius 3 is 2.20 bits per heavy atom. The highest BCUT2D eigenvalue weighted by Gasteiger charge is 2.12. The molecule has 1 unspecified atom stereocenters. The third kappa shape index (κ3) is 3.78. The zero-order valence-electron chi connectivity index (χ0n) is 9.29. The fourth-order valence-corrected chi connectivity index (χ4v) is 2.15. The number of carbonyl (C=O) groups is 1. The molecule has 0 heterocycles. The number of benzene rings is 1. The molecular weight excluding hydrogens is 252 g/mol. The molecule has 0 spiro atoms. The molecule has 0 saturated carbocycles. The summed E-state index contributed by atoms with van der Waals surface area (Å²) in [5, 5.41) is 0. The Hall–Kier alpha value is -0.630. The molecule has 0 bridgehead atoms. The van der Waals surface area contributed by atoms with Crippen molar-refractivity contribution in [3.8, 4) is 0 Å². The molecule has 0 fully saturated rings. The monoisotopic (exact) mass is 268 g/mol. The van der Waals surface area contributed by atoms with E-state index in [0.717, 1.165) is 12.8 Å². The van der Waals surface area contributed by atoms with Crippen LogP contribution in [0.25, 0.3) is 0 Å². The summed E-state index contributed by atoms with van der Waals surface area (Å²) in [5.41, 5.74) is 2.56. The summed E-state index contributed by atoms with van der Waals surface area (Å²) in [6.45, 7) is 4.04. The van der Waals surface area contributed by atoms with E-state index < -0.39 is 0 Å². The Morgan fingerprint density at radius 1 is 1.20 bits per heavy atom. The summed E-state index contributed by atoms with van der Waals surface area (Å²) >= 11 is 3.43. The number of halogens is 1. The van der Waals surface area contributed by atoms with Crippen LogP contribution in [0.1, 0.15) is 31.4 Å². The maximum absolute atomic E-state index is 11.4. The van der Waals surface area contributed by atoms with Crippen LogP contribution in [0, 0.1) is 0 Å². The molecule has 0 amide bonds. The quantitative estimate of drug-likeness (QED) is 0.747. The Kier molecular flexibility index (Phi) is 5.03. The van der Waals surface area contributed by atoms with Crippen LogP contribution in [0.5, 0.6) is 0 Å². The third-order valence-corrected chi connectivity index (χ3v) is 3.38. The summed E-state index contributed by atoms with van der Waals surface area (Å²) in [6, 6.07) is 8.48. The van der Waals surface area contributed by atoms with Gasteiger partial charge in [0.15, 0.2) is 0 Å². The van der Waals surface area contributed by atoms with E-state index >= 15 is 0 Å². The normalized spacial score (nSPS) is 12.5. The summed E-state index contributed by atoms with van der Waals surface area (Å²) < 4.78 is 0. The Morgan fingerprint density at radius 2 is 1.73 bits per heavy atom. The van der Waals surface area contributed by atoms with E-state index in [1.807, 2.05) is 6.92 Å². The van der Waals surface area contributed by atoms with Gasteiger partial charge in [-0.15, -0.1) is 0 Å². The van der Waals surface area contributed by atoms with Crippen molar-refractivity contribution < 1.29 is 4.79 Å². The van der Waals surface area contributed by atoms with Gasteiger partial charge < -0.3 is 0 Å². The topological polar surface area (TPSA) is 17.1 Å². The molecule has 0 aliphatic rings. The van der Waals surface area contributed by atoms with Crippen molar-refractivity contribution >= 4 is 21.7 Å². The molecule has 1 aromatic carbocycles. The lowest BCUT2D eigenvalue weighted by Gasteiger charge is -2.07. The van der Waals surface area contributed by atoms with Crippen LogP contribution in [0.2, 0.25) is 0 Å². The van der Waals surface area contributed by atoms with E-state index in [2.05, 4.69) is 47.1 Å².